The van der Waals surface area contributed by atoms with Crippen LogP contribution in [0.3, 0.4) is 0 Å². The van der Waals surface area contributed by atoms with Crippen molar-refractivity contribution in [2.45, 2.75) is 31.4 Å². The summed E-state index contributed by atoms with van der Waals surface area (Å²) in [5, 5.41) is 2.24. The minimum atomic E-state index is -2.76. The van der Waals surface area contributed by atoms with E-state index in [0.717, 1.165) is 11.0 Å². The van der Waals surface area contributed by atoms with Gasteiger partial charge in [-0.3, -0.25) is 19.3 Å². The Hall–Kier alpha value is -2.66. The molecule has 1 atom stereocenters. The number of ether oxygens (including phenoxy) is 1. The van der Waals surface area contributed by atoms with E-state index in [4.69, 9.17) is 10.5 Å². The van der Waals surface area contributed by atoms with Crippen LogP contribution in [0.4, 0.5) is 24.5 Å². The third kappa shape index (κ3) is 5.04. The molecule has 29 heavy (non-hydrogen) atoms. The van der Waals surface area contributed by atoms with Crippen LogP contribution in [0.5, 0.6) is 0 Å². The van der Waals surface area contributed by atoms with Crippen molar-refractivity contribution < 1.29 is 32.3 Å². The lowest BCUT2D eigenvalue weighted by molar-refractivity contribution is -0.133. The van der Waals surface area contributed by atoms with Crippen molar-refractivity contribution in [2.75, 3.05) is 36.5 Å². The molecule has 1 aromatic carbocycles. The molecule has 3 N–H and O–H groups in total. The molecular formula is C18H21F3N4O4. The smallest absolute Gasteiger partial charge is 0.253 e. The quantitative estimate of drug-likeness (QED) is 0.610. The second-order valence-corrected chi connectivity index (χ2v) is 6.88. The van der Waals surface area contributed by atoms with Gasteiger partial charge in [0.25, 0.3) is 18.2 Å². The van der Waals surface area contributed by atoms with Crippen LogP contribution in [0.2, 0.25) is 0 Å². The number of nitrogens with one attached hydrogen (secondary N) is 1. The van der Waals surface area contributed by atoms with E-state index in [2.05, 4.69) is 5.32 Å². The van der Waals surface area contributed by atoms with Crippen LogP contribution < -0.4 is 16.0 Å². The van der Waals surface area contributed by atoms with Crippen LogP contribution in [0.1, 0.15) is 12.8 Å². The highest BCUT2D eigenvalue weighted by atomic mass is 19.3. The Balaban J connectivity index is 1.75. The average Bonchev–Trinajstić information content (AvgIpc) is 3.48. The zero-order chi connectivity index (χ0) is 21.1. The molecule has 1 heterocycles. The fourth-order valence-corrected chi connectivity index (χ4v) is 3.24. The Morgan fingerprint density at radius 3 is 2.62 bits per heavy atom. The predicted octanol–water partition coefficient (Wildman–Crippen LogP) is 0.711. The second kappa shape index (κ2) is 8.78. The van der Waals surface area contributed by atoms with Crippen molar-refractivity contribution in [1.82, 2.24) is 4.90 Å². The maximum Gasteiger partial charge on any atom is 0.253 e. The summed E-state index contributed by atoms with van der Waals surface area (Å²) in [6, 6.07) is 1.75. The van der Waals surface area contributed by atoms with Gasteiger partial charge in [0.05, 0.1) is 18.8 Å². The minimum absolute atomic E-state index is 0.110. The van der Waals surface area contributed by atoms with Gasteiger partial charge in [0.2, 0.25) is 5.91 Å². The van der Waals surface area contributed by atoms with Crippen molar-refractivity contribution in [3.63, 3.8) is 0 Å². The molecule has 0 radical (unpaired) electrons. The van der Waals surface area contributed by atoms with Gasteiger partial charge in [-0.25, -0.2) is 13.2 Å². The monoisotopic (exact) mass is 414 g/mol. The maximum absolute atomic E-state index is 14.5. The molecule has 0 aromatic heterocycles. The number of hydrogen-bond acceptors (Lipinski definition) is 5. The Bertz CT molecular complexity index is 803. The summed E-state index contributed by atoms with van der Waals surface area (Å²) in [6.07, 6.45) is -1.62. The number of morpholine rings is 1. The van der Waals surface area contributed by atoms with Crippen LogP contribution in [0.15, 0.2) is 18.2 Å². The number of carbonyl (C=O) groups excluding carboxylic acids is 3. The number of rotatable bonds is 8. The average molecular weight is 414 g/mol. The number of anilines is 2. The normalized spacial score (nSPS) is 18.2. The first-order valence-electron chi connectivity index (χ1n) is 9.09. The summed E-state index contributed by atoms with van der Waals surface area (Å²) in [5.41, 5.74) is 5.31. The Labute approximate surface area is 164 Å². The van der Waals surface area contributed by atoms with Crippen molar-refractivity contribution in [2.24, 2.45) is 5.73 Å². The highest BCUT2D eigenvalue weighted by Gasteiger charge is 2.41. The Morgan fingerprint density at radius 2 is 2.07 bits per heavy atom. The summed E-state index contributed by atoms with van der Waals surface area (Å²) in [5.74, 6) is -3.25. The number of carbonyl (C=O) groups is 3. The summed E-state index contributed by atoms with van der Waals surface area (Å²) >= 11 is 0. The summed E-state index contributed by atoms with van der Waals surface area (Å²) in [7, 11) is 0. The van der Waals surface area contributed by atoms with Gasteiger partial charge < -0.3 is 20.7 Å². The molecule has 2 fully saturated rings. The topological polar surface area (TPSA) is 105 Å². The highest BCUT2D eigenvalue weighted by Crippen LogP contribution is 2.30. The van der Waals surface area contributed by atoms with Gasteiger partial charge in [0.15, 0.2) is 6.04 Å². The molecule has 1 aliphatic carbocycles. The number of benzene rings is 1. The predicted molar refractivity (Wildman–Crippen MR) is 96.9 cm³/mol. The van der Waals surface area contributed by atoms with Gasteiger partial charge in [-0.15, -0.1) is 0 Å². The number of nitrogens with zero attached hydrogens (tertiary/aromatic N) is 2. The molecule has 158 valence electrons. The van der Waals surface area contributed by atoms with Crippen LogP contribution in [-0.4, -0.2) is 67.4 Å². The second-order valence-electron chi connectivity index (χ2n) is 6.88. The Kier molecular flexibility index (Phi) is 6.38. The number of alkyl halides is 2. The van der Waals surface area contributed by atoms with E-state index in [1.807, 2.05) is 0 Å². The Morgan fingerprint density at radius 1 is 1.34 bits per heavy atom. The van der Waals surface area contributed by atoms with Gasteiger partial charge >= 0.3 is 0 Å². The number of primary amides is 1. The standard InChI is InChI=1S/C18H21F3N4O4/c19-12-7-11(24-5-6-29-9-15(24)26)3-4-13(12)23-18(28)16(17(22)27)25(8-14(20)21)10-1-2-10/h3-4,7,10,14,16H,1-2,5-6,8-9H2,(H2,22,27)(H,23,28)/t16-/m1/s1. The molecule has 2 aliphatic rings. The zero-order valence-electron chi connectivity index (χ0n) is 15.4. The number of nitrogens with two attached hydrogens (primary N) is 1. The lowest BCUT2D eigenvalue weighted by Gasteiger charge is -2.29. The van der Waals surface area contributed by atoms with Crippen molar-refractivity contribution >= 4 is 29.1 Å². The number of amides is 3. The zero-order valence-corrected chi connectivity index (χ0v) is 15.4. The summed E-state index contributed by atoms with van der Waals surface area (Å²) < 4.78 is 45.3. The first kappa shape index (κ1) is 21.1. The maximum atomic E-state index is 14.5. The van der Waals surface area contributed by atoms with E-state index >= 15 is 0 Å². The van der Waals surface area contributed by atoms with E-state index in [0.29, 0.717) is 19.4 Å². The molecule has 1 aromatic rings. The van der Waals surface area contributed by atoms with Gasteiger partial charge in [-0.05, 0) is 31.0 Å². The lowest BCUT2D eigenvalue weighted by Crippen LogP contribution is -2.54. The van der Waals surface area contributed by atoms with Crippen LogP contribution in [-0.2, 0) is 19.1 Å². The largest absolute Gasteiger partial charge is 0.370 e. The highest BCUT2D eigenvalue weighted by molar-refractivity contribution is 6.09. The van der Waals surface area contributed by atoms with Crippen LogP contribution in [0.25, 0.3) is 0 Å². The van der Waals surface area contributed by atoms with Crippen LogP contribution >= 0.6 is 0 Å². The number of halogens is 3. The molecule has 0 spiro atoms. The van der Waals surface area contributed by atoms with E-state index in [1.54, 1.807) is 0 Å². The van der Waals surface area contributed by atoms with Gasteiger partial charge in [0, 0.05) is 18.3 Å². The van der Waals surface area contributed by atoms with E-state index < -0.39 is 36.6 Å². The molecule has 0 bridgehead atoms. The molecule has 1 saturated heterocycles. The van der Waals surface area contributed by atoms with Crippen molar-refractivity contribution in [3.05, 3.63) is 24.0 Å². The van der Waals surface area contributed by atoms with Crippen molar-refractivity contribution in [3.8, 4) is 0 Å². The first-order valence-corrected chi connectivity index (χ1v) is 9.09. The summed E-state index contributed by atoms with van der Waals surface area (Å²) in [6.45, 7) is -0.321. The summed E-state index contributed by atoms with van der Waals surface area (Å²) in [4.78, 5) is 38.6. The molecule has 0 unspecified atom stereocenters. The molecule has 8 nitrogen and oxygen atoms in total. The van der Waals surface area contributed by atoms with Gasteiger partial charge in [-0.1, -0.05) is 0 Å². The molecule has 3 rings (SSSR count). The van der Waals surface area contributed by atoms with Gasteiger partial charge in [-0.2, -0.15) is 0 Å². The third-order valence-corrected chi connectivity index (χ3v) is 4.72. The first-order chi connectivity index (χ1) is 13.8. The molecule has 11 heteroatoms. The lowest BCUT2D eigenvalue weighted by atomic mass is 10.1. The van der Waals surface area contributed by atoms with Gasteiger partial charge in [0.1, 0.15) is 12.4 Å². The molecular weight excluding hydrogens is 393 g/mol. The fourth-order valence-electron chi connectivity index (χ4n) is 3.24. The van der Waals surface area contributed by atoms with E-state index in [-0.39, 0.29) is 36.5 Å². The molecule has 1 aliphatic heterocycles. The SMILES string of the molecule is NC(=O)[C@H](C(=O)Nc1ccc(N2CCOCC2=O)cc1F)N(CC(F)F)C1CC1. The van der Waals surface area contributed by atoms with Crippen molar-refractivity contribution in [1.29, 1.82) is 0 Å². The number of hydrogen-bond donors (Lipinski definition) is 2. The minimum Gasteiger partial charge on any atom is -0.370 e. The van der Waals surface area contributed by atoms with E-state index in [9.17, 15) is 27.6 Å². The van der Waals surface area contributed by atoms with E-state index in [1.165, 1.54) is 17.0 Å². The molecule has 1 saturated carbocycles. The fraction of sp³-hybridized carbons (Fsp3) is 0.500. The van der Waals surface area contributed by atoms with Crippen LogP contribution in [0, 0.1) is 5.82 Å². The third-order valence-electron chi connectivity index (χ3n) is 4.72. The molecule has 3 amide bonds.